The zero-order chi connectivity index (χ0) is 12.5. The lowest BCUT2D eigenvalue weighted by molar-refractivity contribution is 0.199. The van der Waals surface area contributed by atoms with E-state index in [1.54, 1.807) is 13.2 Å². The van der Waals surface area contributed by atoms with Crippen molar-refractivity contribution in [2.45, 2.75) is 6.42 Å². The average molecular weight is 241 g/mol. The number of rotatable bonds is 7. The summed E-state index contributed by atoms with van der Waals surface area (Å²) in [7, 11) is 1.65. The molecule has 0 heterocycles. The van der Waals surface area contributed by atoms with Crippen LogP contribution in [0.25, 0.3) is 6.08 Å². The van der Waals surface area contributed by atoms with Gasteiger partial charge in [-0.05, 0) is 30.7 Å². The molecule has 0 aliphatic rings. The minimum absolute atomic E-state index is 0.541. The molecule has 0 bridgehead atoms. The van der Waals surface area contributed by atoms with E-state index in [-0.39, 0.29) is 0 Å². The molecule has 0 radical (unpaired) electrons. The number of ether oxygens (including phenoxy) is 1. The third-order valence-corrected chi connectivity index (χ3v) is 2.17. The van der Waals surface area contributed by atoms with E-state index in [0.29, 0.717) is 12.2 Å². The second-order valence-electron chi connectivity index (χ2n) is 3.64. The van der Waals surface area contributed by atoms with E-state index in [9.17, 15) is 8.78 Å². The predicted octanol–water partition coefficient (Wildman–Crippen LogP) is 2.60. The molecule has 94 valence electrons. The van der Waals surface area contributed by atoms with Gasteiger partial charge < -0.3 is 10.1 Å². The molecule has 4 heteroatoms. The molecule has 0 aliphatic carbocycles. The minimum Gasteiger partial charge on any atom is -0.383 e. The molecule has 1 aromatic carbocycles. The molecular weight excluding hydrogens is 224 g/mol. The van der Waals surface area contributed by atoms with Crippen molar-refractivity contribution >= 4 is 6.08 Å². The van der Waals surface area contributed by atoms with Crippen molar-refractivity contribution in [2.24, 2.45) is 0 Å². The molecule has 0 fully saturated rings. The van der Waals surface area contributed by atoms with E-state index in [0.717, 1.165) is 25.6 Å². The summed E-state index contributed by atoms with van der Waals surface area (Å²) in [5, 5.41) is 3.17. The molecule has 2 nitrogen and oxygen atoms in total. The third kappa shape index (κ3) is 6.14. The maximum Gasteiger partial charge on any atom is 0.126 e. The lowest BCUT2D eigenvalue weighted by Crippen LogP contribution is -2.19. The normalized spacial score (nSPS) is 11.2. The first-order valence-corrected chi connectivity index (χ1v) is 5.54. The van der Waals surface area contributed by atoms with Crippen LogP contribution in [0.3, 0.4) is 0 Å². The van der Waals surface area contributed by atoms with Gasteiger partial charge in [0.25, 0.3) is 0 Å². The van der Waals surface area contributed by atoms with Crippen LogP contribution in [0, 0.1) is 11.6 Å². The Morgan fingerprint density at radius 3 is 2.53 bits per heavy atom. The fraction of sp³-hybridized carbons (Fsp3) is 0.385. The van der Waals surface area contributed by atoms with Crippen LogP contribution < -0.4 is 5.32 Å². The first-order chi connectivity index (χ1) is 8.22. The Morgan fingerprint density at radius 2 is 1.88 bits per heavy atom. The molecule has 1 rings (SSSR count). The summed E-state index contributed by atoms with van der Waals surface area (Å²) in [6, 6.07) is 3.47. The van der Waals surface area contributed by atoms with Gasteiger partial charge in [-0.2, -0.15) is 0 Å². The third-order valence-electron chi connectivity index (χ3n) is 2.17. The Bertz CT molecular complexity index is 346. The van der Waals surface area contributed by atoms with Crippen LogP contribution in [0.5, 0.6) is 0 Å². The quantitative estimate of drug-likeness (QED) is 0.741. The summed E-state index contributed by atoms with van der Waals surface area (Å²) >= 11 is 0. The predicted molar refractivity (Wildman–Crippen MR) is 64.8 cm³/mol. The number of methoxy groups -OCH3 is 1. The minimum atomic E-state index is -0.553. The average Bonchev–Trinajstić information content (AvgIpc) is 2.26. The molecule has 1 aromatic rings. The summed E-state index contributed by atoms with van der Waals surface area (Å²) in [5.74, 6) is -1.11. The van der Waals surface area contributed by atoms with E-state index in [4.69, 9.17) is 4.74 Å². The highest BCUT2D eigenvalue weighted by Gasteiger charge is 1.96. The van der Waals surface area contributed by atoms with Crippen molar-refractivity contribution in [2.75, 3.05) is 26.8 Å². The highest BCUT2D eigenvalue weighted by Crippen LogP contribution is 2.09. The van der Waals surface area contributed by atoms with Gasteiger partial charge in [-0.25, -0.2) is 8.78 Å². The molecule has 0 amide bonds. The topological polar surface area (TPSA) is 21.3 Å². The smallest absolute Gasteiger partial charge is 0.126 e. The zero-order valence-electron chi connectivity index (χ0n) is 9.88. The summed E-state index contributed by atoms with van der Waals surface area (Å²) < 4.78 is 30.6. The first-order valence-electron chi connectivity index (χ1n) is 5.54. The molecule has 0 saturated heterocycles. The first kappa shape index (κ1) is 13.8. The van der Waals surface area contributed by atoms with Crippen LogP contribution in [0.4, 0.5) is 8.78 Å². The summed E-state index contributed by atoms with van der Waals surface area (Å²) in [6.45, 7) is 2.30. The van der Waals surface area contributed by atoms with Gasteiger partial charge in [0.1, 0.15) is 11.6 Å². The number of benzene rings is 1. The second kappa shape index (κ2) is 7.92. The van der Waals surface area contributed by atoms with Crippen molar-refractivity contribution in [3.05, 3.63) is 41.5 Å². The summed E-state index contributed by atoms with van der Waals surface area (Å²) in [5.41, 5.74) is 0.541. The van der Waals surface area contributed by atoms with Crippen LogP contribution in [-0.4, -0.2) is 26.8 Å². The maximum atomic E-state index is 12.8. The van der Waals surface area contributed by atoms with E-state index >= 15 is 0 Å². The van der Waals surface area contributed by atoms with Crippen molar-refractivity contribution < 1.29 is 13.5 Å². The van der Waals surface area contributed by atoms with Gasteiger partial charge in [0.2, 0.25) is 0 Å². The molecular formula is C13H17F2NO. The number of hydrogen-bond acceptors (Lipinski definition) is 2. The van der Waals surface area contributed by atoms with E-state index in [1.165, 1.54) is 12.1 Å². The monoisotopic (exact) mass is 241 g/mol. The second-order valence-corrected chi connectivity index (χ2v) is 3.64. The lowest BCUT2D eigenvalue weighted by atomic mass is 10.2. The Morgan fingerprint density at radius 1 is 1.18 bits per heavy atom. The van der Waals surface area contributed by atoms with Crippen LogP contribution in [-0.2, 0) is 4.74 Å². The summed E-state index contributed by atoms with van der Waals surface area (Å²) in [4.78, 5) is 0. The highest BCUT2D eigenvalue weighted by atomic mass is 19.1. The van der Waals surface area contributed by atoms with E-state index < -0.39 is 11.6 Å². The fourth-order valence-corrected chi connectivity index (χ4v) is 1.38. The molecule has 0 saturated carbocycles. The van der Waals surface area contributed by atoms with Crippen LogP contribution in [0.1, 0.15) is 12.0 Å². The molecule has 1 N–H and O–H groups in total. The number of hydrogen-bond donors (Lipinski definition) is 1. The van der Waals surface area contributed by atoms with Gasteiger partial charge in [0.15, 0.2) is 0 Å². The van der Waals surface area contributed by atoms with Crippen LogP contribution in [0.2, 0.25) is 0 Å². The lowest BCUT2D eigenvalue weighted by Gasteiger charge is -2.00. The van der Waals surface area contributed by atoms with Gasteiger partial charge >= 0.3 is 0 Å². The van der Waals surface area contributed by atoms with Crippen molar-refractivity contribution in [3.8, 4) is 0 Å². The van der Waals surface area contributed by atoms with Crippen LogP contribution in [0.15, 0.2) is 24.3 Å². The zero-order valence-corrected chi connectivity index (χ0v) is 9.88. The Kier molecular flexibility index (Phi) is 6.43. The van der Waals surface area contributed by atoms with Gasteiger partial charge in [0, 0.05) is 19.7 Å². The van der Waals surface area contributed by atoms with Gasteiger partial charge in [-0.15, -0.1) is 0 Å². The molecule has 0 aliphatic heterocycles. The van der Waals surface area contributed by atoms with Gasteiger partial charge in [-0.1, -0.05) is 12.2 Å². The van der Waals surface area contributed by atoms with E-state index in [2.05, 4.69) is 5.32 Å². The summed E-state index contributed by atoms with van der Waals surface area (Å²) in [6.07, 6.45) is 4.40. The van der Waals surface area contributed by atoms with Gasteiger partial charge in [-0.3, -0.25) is 0 Å². The molecule has 0 spiro atoms. The largest absolute Gasteiger partial charge is 0.383 e. The maximum absolute atomic E-state index is 12.8. The number of nitrogens with one attached hydrogen (secondary N) is 1. The van der Waals surface area contributed by atoms with Crippen molar-refractivity contribution in [1.29, 1.82) is 0 Å². The fourth-order valence-electron chi connectivity index (χ4n) is 1.38. The van der Waals surface area contributed by atoms with Crippen molar-refractivity contribution in [3.63, 3.8) is 0 Å². The molecule has 0 unspecified atom stereocenters. The Labute approximate surface area is 100 Å². The Balaban J connectivity index is 2.28. The van der Waals surface area contributed by atoms with Crippen LogP contribution >= 0.6 is 0 Å². The molecule has 0 aromatic heterocycles. The molecule has 17 heavy (non-hydrogen) atoms. The Hall–Kier alpha value is -1.26. The highest BCUT2D eigenvalue weighted by molar-refractivity contribution is 5.49. The number of halogens is 2. The standard InChI is InChI=1S/C13H17F2NO/c1-17-7-6-16-5-3-2-4-11-8-12(14)10-13(15)9-11/h2,4,8-10,16H,3,5-7H2,1H3. The SMILES string of the molecule is COCCNCCC=Cc1cc(F)cc(F)c1. The molecule has 0 atom stereocenters. The van der Waals surface area contributed by atoms with Crippen molar-refractivity contribution in [1.82, 2.24) is 5.32 Å². The van der Waals surface area contributed by atoms with Gasteiger partial charge in [0.05, 0.1) is 6.61 Å². The van der Waals surface area contributed by atoms with E-state index in [1.807, 2.05) is 6.08 Å².